The second-order valence-corrected chi connectivity index (χ2v) is 5.16. The first kappa shape index (κ1) is 12.7. The van der Waals surface area contributed by atoms with Crippen LogP contribution < -0.4 is 10.1 Å². The number of hydrogen-bond donors (Lipinski definition) is 2. The average Bonchev–Trinajstić information content (AvgIpc) is 3.13. The smallest absolute Gasteiger partial charge is 0.251 e. The predicted octanol–water partition coefficient (Wildman–Crippen LogP) is 2.66. The molecule has 0 atom stereocenters. The summed E-state index contributed by atoms with van der Waals surface area (Å²) in [6, 6.07) is 7.44. The molecular weight excluding hydrogens is 274 g/mol. The number of H-pyrrole nitrogens is 1. The van der Waals surface area contributed by atoms with Gasteiger partial charge in [-0.3, -0.25) is 4.79 Å². The number of imidazole rings is 1. The fraction of sp³-hybridized carbons (Fsp3) is 0.143. The summed E-state index contributed by atoms with van der Waals surface area (Å²) in [6.45, 7) is 0. The molecule has 6 heteroatoms. The molecule has 0 aliphatic carbocycles. The summed E-state index contributed by atoms with van der Waals surface area (Å²) in [7, 11) is 3.17. The van der Waals surface area contributed by atoms with E-state index in [0.29, 0.717) is 11.3 Å². The number of rotatable bonds is 3. The molecule has 3 aromatic rings. The van der Waals surface area contributed by atoms with Gasteiger partial charge >= 0.3 is 0 Å². The highest BCUT2D eigenvalue weighted by atomic mass is 32.1. The lowest BCUT2D eigenvalue weighted by atomic mass is 10.1. The third-order valence-electron chi connectivity index (χ3n) is 3.02. The lowest BCUT2D eigenvalue weighted by Gasteiger charge is -2.04. The summed E-state index contributed by atoms with van der Waals surface area (Å²) in [5.74, 6) is 1.21. The van der Waals surface area contributed by atoms with Crippen LogP contribution >= 0.6 is 11.3 Å². The number of carbonyl (C=O) groups excluding carboxylic acids is 1. The van der Waals surface area contributed by atoms with Gasteiger partial charge in [-0.15, -0.1) is 11.3 Å². The van der Waals surface area contributed by atoms with Crippen LogP contribution in [0.3, 0.4) is 0 Å². The summed E-state index contributed by atoms with van der Waals surface area (Å²) in [6.07, 6.45) is 0. The van der Waals surface area contributed by atoms with Gasteiger partial charge in [-0.05, 0) is 23.6 Å². The summed E-state index contributed by atoms with van der Waals surface area (Å²) >= 11 is 1.61. The molecule has 20 heavy (non-hydrogen) atoms. The van der Waals surface area contributed by atoms with Crippen LogP contribution in [-0.2, 0) is 0 Å². The van der Waals surface area contributed by atoms with Crippen LogP contribution in [0.25, 0.3) is 21.7 Å². The normalized spacial score (nSPS) is 10.7. The van der Waals surface area contributed by atoms with Crippen LogP contribution in [0.4, 0.5) is 0 Å². The van der Waals surface area contributed by atoms with Gasteiger partial charge in [0.05, 0.1) is 17.5 Å². The van der Waals surface area contributed by atoms with Gasteiger partial charge < -0.3 is 15.0 Å². The monoisotopic (exact) mass is 287 g/mol. The van der Waals surface area contributed by atoms with Crippen molar-refractivity contribution in [3.05, 3.63) is 35.2 Å². The molecule has 0 bridgehead atoms. The van der Waals surface area contributed by atoms with Crippen molar-refractivity contribution in [2.75, 3.05) is 14.2 Å². The predicted molar refractivity (Wildman–Crippen MR) is 79.3 cm³/mol. The van der Waals surface area contributed by atoms with E-state index in [2.05, 4.69) is 15.3 Å². The molecule has 0 saturated carbocycles. The number of thiophene rings is 1. The Morgan fingerprint density at radius 2 is 2.30 bits per heavy atom. The highest BCUT2D eigenvalue weighted by Crippen LogP contribution is 2.30. The van der Waals surface area contributed by atoms with Gasteiger partial charge in [-0.25, -0.2) is 4.98 Å². The van der Waals surface area contributed by atoms with E-state index in [1.54, 1.807) is 37.6 Å². The maximum Gasteiger partial charge on any atom is 0.251 e. The van der Waals surface area contributed by atoms with Gasteiger partial charge in [0.25, 0.3) is 5.91 Å². The minimum Gasteiger partial charge on any atom is -0.494 e. The Kier molecular flexibility index (Phi) is 3.15. The summed E-state index contributed by atoms with van der Waals surface area (Å²) in [5.41, 5.74) is 2.05. The van der Waals surface area contributed by atoms with Crippen LogP contribution in [-0.4, -0.2) is 30.0 Å². The number of aromatic amines is 1. The number of methoxy groups -OCH3 is 1. The highest BCUT2D eigenvalue weighted by molar-refractivity contribution is 7.13. The van der Waals surface area contributed by atoms with Crippen LogP contribution in [0, 0.1) is 0 Å². The second-order valence-electron chi connectivity index (χ2n) is 4.22. The Labute approximate surface area is 119 Å². The maximum absolute atomic E-state index is 11.8. The molecule has 2 N–H and O–H groups in total. The number of amides is 1. The van der Waals surface area contributed by atoms with Gasteiger partial charge in [-0.1, -0.05) is 6.07 Å². The maximum atomic E-state index is 11.8. The number of ether oxygens (including phenoxy) is 1. The molecule has 1 amide bonds. The van der Waals surface area contributed by atoms with Crippen LogP contribution in [0.5, 0.6) is 5.75 Å². The molecule has 2 aromatic heterocycles. The molecule has 0 fully saturated rings. The van der Waals surface area contributed by atoms with Crippen LogP contribution in [0.15, 0.2) is 29.6 Å². The molecule has 0 aliphatic rings. The lowest BCUT2D eigenvalue weighted by molar-refractivity contribution is 0.0963. The van der Waals surface area contributed by atoms with E-state index < -0.39 is 0 Å². The fourth-order valence-electron chi connectivity index (χ4n) is 2.05. The molecular formula is C14H13N3O2S. The quantitative estimate of drug-likeness (QED) is 0.778. The second kappa shape index (κ2) is 4.97. The molecule has 2 heterocycles. The number of hydrogen-bond acceptors (Lipinski definition) is 4. The Balaban J connectivity index is 2.19. The zero-order valence-electron chi connectivity index (χ0n) is 11.1. The van der Waals surface area contributed by atoms with Crippen molar-refractivity contribution in [3.8, 4) is 16.5 Å². The average molecular weight is 287 g/mol. The van der Waals surface area contributed by atoms with Crippen molar-refractivity contribution in [1.29, 1.82) is 0 Å². The SMILES string of the molecule is CNC(=O)c1cc(OC)c2nc(-c3cccs3)[nH]c2c1. The summed E-state index contributed by atoms with van der Waals surface area (Å²) in [4.78, 5) is 20.6. The molecule has 3 rings (SSSR count). The van der Waals surface area contributed by atoms with Gasteiger partial charge in [0.2, 0.25) is 0 Å². The number of aromatic nitrogens is 2. The van der Waals surface area contributed by atoms with Gasteiger partial charge in [0, 0.05) is 12.6 Å². The molecule has 0 aliphatic heterocycles. The van der Waals surface area contributed by atoms with Crippen molar-refractivity contribution in [1.82, 2.24) is 15.3 Å². The minimum atomic E-state index is -0.155. The van der Waals surface area contributed by atoms with Gasteiger partial charge in [0.15, 0.2) is 0 Å². The molecule has 0 unspecified atom stereocenters. The van der Waals surface area contributed by atoms with Gasteiger partial charge in [-0.2, -0.15) is 0 Å². The number of nitrogens with zero attached hydrogens (tertiary/aromatic N) is 1. The zero-order chi connectivity index (χ0) is 14.1. The van der Waals surface area contributed by atoms with Crippen molar-refractivity contribution in [3.63, 3.8) is 0 Å². The van der Waals surface area contributed by atoms with Crippen LogP contribution in [0.1, 0.15) is 10.4 Å². The van der Waals surface area contributed by atoms with E-state index in [0.717, 1.165) is 21.7 Å². The van der Waals surface area contributed by atoms with Crippen molar-refractivity contribution >= 4 is 28.3 Å². The van der Waals surface area contributed by atoms with E-state index in [1.807, 2.05) is 17.5 Å². The Morgan fingerprint density at radius 3 is 2.95 bits per heavy atom. The molecule has 0 radical (unpaired) electrons. The van der Waals surface area contributed by atoms with Crippen molar-refractivity contribution in [2.24, 2.45) is 0 Å². The first-order valence-corrected chi connectivity index (χ1v) is 6.94. The number of nitrogens with one attached hydrogen (secondary N) is 2. The largest absolute Gasteiger partial charge is 0.494 e. The third kappa shape index (κ3) is 2.04. The number of carbonyl (C=O) groups is 1. The number of benzene rings is 1. The molecule has 102 valence electrons. The van der Waals surface area contributed by atoms with E-state index in [9.17, 15) is 4.79 Å². The Morgan fingerprint density at radius 1 is 1.45 bits per heavy atom. The van der Waals surface area contributed by atoms with E-state index in [1.165, 1.54) is 0 Å². The summed E-state index contributed by atoms with van der Waals surface area (Å²) in [5, 5.41) is 4.60. The molecule has 0 spiro atoms. The van der Waals surface area contributed by atoms with Crippen molar-refractivity contribution < 1.29 is 9.53 Å². The molecule has 1 aromatic carbocycles. The topological polar surface area (TPSA) is 67.0 Å². The fourth-order valence-corrected chi connectivity index (χ4v) is 2.72. The highest BCUT2D eigenvalue weighted by Gasteiger charge is 2.14. The first-order chi connectivity index (χ1) is 9.72. The first-order valence-electron chi connectivity index (χ1n) is 6.06. The zero-order valence-corrected chi connectivity index (χ0v) is 11.9. The molecule has 0 saturated heterocycles. The number of fused-ring (bicyclic) bond motifs is 1. The standard InChI is InChI=1S/C14H13N3O2S/c1-15-14(18)8-6-9-12(10(7-8)19-2)17-13(16-9)11-4-3-5-20-11/h3-7H,1-2H3,(H,15,18)(H,16,17). The van der Waals surface area contributed by atoms with E-state index >= 15 is 0 Å². The summed E-state index contributed by atoms with van der Waals surface area (Å²) < 4.78 is 5.33. The Hall–Kier alpha value is -2.34. The minimum absolute atomic E-state index is 0.155. The lowest BCUT2D eigenvalue weighted by Crippen LogP contribution is -2.17. The van der Waals surface area contributed by atoms with E-state index in [-0.39, 0.29) is 5.91 Å². The third-order valence-corrected chi connectivity index (χ3v) is 3.89. The Bertz CT molecular complexity index is 762. The molecule has 5 nitrogen and oxygen atoms in total. The van der Waals surface area contributed by atoms with Crippen LogP contribution in [0.2, 0.25) is 0 Å². The van der Waals surface area contributed by atoms with Gasteiger partial charge in [0.1, 0.15) is 17.1 Å². The van der Waals surface area contributed by atoms with Crippen molar-refractivity contribution in [2.45, 2.75) is 0 Å². The van der Waals surface area contributed by atoms with E-state index in [4.69, 9.17) is 4.74 Å².